The van der Waals surface area contributed by atoms with Crippen LogP contribution in [0, 0.1) is 35.5 Å². The number of hydrogen-bond acceptors (Lipinski definition) is 0. The lowest BCUT2D eigenvalue weighted by molar-refractivity contribution is 0.316. The zero-order valence-electron chi connectivity index (χ0n) is 19.5. The summed E-state index contributed by atoms with van der Waals surface area (Å²) in [7, 11) is 0. The summed E-state index contributed by atoms with van der Waals surface area (Å²) in [6, 6.07) is 0. The first-order valence-corrected chi connectivity index (χ1v) is 10.1. The van der Waals surface area contributed by atoms with E-state index in [-0.39, 0.29) is 0 Å². The average Bonchev–Trinajstić information content (AvgIpc) is 2.51. The third-order valence-electron chi connectivity index (χ3n) is 4.21. The zero-order valence-corrected chi connectivity index (χ0v) is 19.5. The van der Waals surface area contributed by atoms with Gasteiger partial charge in [-0.3, -0.25) is 0 Å². The minimum Gasteiger partial charge on any atom is -0.0683 e. The van der Waals surface area contributed by atoms with Gasteiger partial charge in [0, 0.05) is 0 Å². The van der Waals surface area contributed by atoms with Crippen LogP contribution in [0.2, 0.25) is 0 Å². The topological polar surface area (TPSA) is 0 Å². The molecule has 0 spiro atoms. The standard InChI is InChI=1S/2C8H18.3C2H6/c2*1-6(2)8(5)7(3)4;3*1-2/h2*6-8H,1-5H3;3*1-2H3. The van der Waals surface area contributed by atoms with E-state index in [9.17, 15) is 0 Å². The van der Waals surface area contributed by atoms with Gasteiger partial charge in [0.1, 0.15) is 0 Å². The van der Waals surface area contributed by atoms with E-state index in [0.29, 0.717) is 0 Å². The molecule has 0 aliphatic heterocycles. The fourth-order valence-corrected chi connectivity index (χ4v) is 1.54. The first-order chi connectivity index (χ1) is 10.1. The molecule has 0 amide bonds. The molecule has 0 atom stereocenters. The fraction of sp³-hybridized carbons (Fsp3) is 1.00. The molecule has 0 radical (unpaired) electrons. The predicted molar refractivity (Wildman–Crippen MR) is 112 cm³/mol. The van der Waals surface area contributed by atoms with Crippen LogP contribution in [-0.2, 0) is 0 Å². The van der Waals surface area contributed by atoms with E-state index in [1.54, 1.807) is 0 Å². The fourth-order valence-electron chi connectivity index (χ4n) is 1.54. The van der Waals surface area contributed by atoms with E-state index < -0.39 is 0 Å². The lowest BCUT2D eigenvalue weighted by Gasteiger charge is -2.18. The molecule has 0 heteroatoms. The third-order valence-corrected chi connectivity index (χ3v) is 4.21. The summed E-state index contributed by atoms with van der Waals surface area (Å²) in [5.41, 5.74) is 0. The van der Waals surface area contributed by atoms with Crippen molar-refractivity contribution in [1.29, 1.82) is 0 Å². The van der Waals surface area contributed by atoms with Gasteiger partial charge >= 0.3 is 0 Å². The molecule has 0 aromatic heterocycles. The second-order valence-corrected chi connectivity index (χ2v) is 6.69. The molecule has 0 fully saturated rings. The van der Waals surface area contributed by atoms with Crippen molar-refractivity contribution in [3.05, 3.63) is 0 Å². The van der Waals surface area contributed by atoms with Crippen LogP contribution in [0.1, 0.15) is 111 Å². The maximum atomic E-state index is 2.31. The Kier molecular flexibility index (Phi) is 39.6. The second kappa shape index (κ2) is 25.9. The van der Waals surface area contributed by atoms with Crippen molar-refractivity contribution in [1.82, 2.24) is 0 Å². The minimum atomic E-state index is 0.843. The summed E-state index contributed by atoms with van der Waals surface area (Å²) < 4.78 is 0. The van der Waals surface area contributed by atoms with E-state index in [1.807, 2.05) is 41.5 Å². The predicted octanol–water partition coefficient (Wildman–Crippen LogP) is 8.95. The van der Waals surface area contributed by atoms with E-state index in [2.05, 4.69) is 69.2 Å². The maximum absolute atomic E-state index is 2.31. The van der Waals surface area contributed by atoms with E-state index in [0.717, 1.165) is 35.5 Å². The molecule has 0 saturated carbocycles. The van der Waals surface area contributed by atoms with Crippen LogP contribution in [0.25, 0.3) is 0 Å². The summed E-state index contributed by atoms with van der Waals surface area (Å²) >= 11 is 0. The Morgan fingerprint density at radius 2 is 0.364 bits per heavy atom. The smallest absolute Gasteiger partial charge is 0.0396 e. The molecule has 0 unspecified atom stereocenters. The molecule has 0 aliphatic rings. The number of hydrogen-bond donors (Lipinski definition) is 0. The highest BCUT2D eigenvalue weighted by Crippen LogP contribution is 2.19. The van der Waals surface area contributed by atoms with Crippen molar-refractivity contribution >= 4 is 0 Å². The van der Waals surface area contributed by atoms with Gasteiger partial charge in [0.25, 0.3) is 0 Å². The summed E-state index contributed by atoms with van der Waals surface area (Å²) in [5, 5.41) is 0. The molecule has 0 aliphatic carbocycles. The van der Waals surface area contributed by atoms with Crippen molar-refractivity contribution in [3.63, 3.8) is 0 Å². The van der Waals surface area contributed by atoms with Gasteiger partial charge in [0.15, 0.2) is 0 Å². The normalized spacial score (nSPS) is 9.55. The Labute approximate surface area is 146 Å². The van der Waals surface area contributed by atoms with E-state index in [1.165, 1.54) is 0 Å². The quantitative estimate of drug-likeness (QED) is 0.485. The van der Waals surface area contributed by atoms with Gasteiger partial charge in [-0.15, -0.1) is 0 Å². The summed E-state index contributed by atoms with van der Waals surface area (Å²) in [4.78, 5) is 0. The Hall–Kier alpha value is 0. The molecule has 0 saturated heterocycles. The maximum Gasteiger partial charge on any atom is -0.0396 e. The first kappa shape index (κ1) is 33.6. The molecule has 0 aromatic carbocycles. The SMILES string of the molecule is CC.CC.CC.CC(C)C(C)C(C)C.CC(C)C(C)C(C)C. The second-order valence-electron chi connectivity index (χ2n) is 6.69. The molecule has 142 valence electrons. The molecule has 22 heavy (non-hydrogen) atoms. The summed E-state index contributed by atoms with van der Waals surface area (Å²) in [6.45, 7) is 34.9. The molecule has 0 aromatic rings. The number of rotatable bonds is 4. The van der Waals surface area contributed by atoms with Crippen LogP contribution < -0.4 is 0 Å². The van der Waals surface area contributed by atoms with Crippen LogP contribution in [0.4, 0.5) is 0 Å². The van der Waals surface area contributed by atoms with Gasteiger partial charge < -0.3 is 0 Å². The summed E-state index contributed by atoms with van der Waals surface area (Å²) in [5.74, 6) is 5.11. The lowest BCUT2D eigenvalue weighted by Crippen LogP contribution is -2.10. The molecular formula is C22H54. The van der Waals surface area contributed by atoms with Crippen molar-refractivity contribution in [2.75, 3.05) is 0 Å². The van der Waals surface area contributed by atoms with Gasteiger partial charge in [-0.2, -0.15) is 0 Å². The van der Waals surface area contributed by atoms with E-state index in [4.69, 9.17) is 0 Å². The molecule has 0 N–H and O–H groups in total. The molecular weight excluding hydrogens is 264 g/mol. The minimum absolute atomic E-state index is 0.843. The van der Waals surface area contributed by atoms with Crippen molar-refractivity contribution in [3.8, 4) is 0 Å². The largest absolute Gasteiger partial charge is 0.0683 e. The van der Waals surface area contributed by atoms with Gasteiger partial charge in [0.2, 0.25) is 0 Å². The Bertz CT molecular complexity index is 108. The average molecular weight is 319 g/mol. The Morgan fingerprint density at radius 1 is 0.273 bits per heavy atom. The molecule has 0 bridgehead atoms. The summed E-state index contributed by atoms with van der Waals surface area (Å²) in [6.07, 6.45) is 0. The van der Waals surface area contributed by atoms with Crippen LogP contribution in [0.15, 0.2) is 0 Å². The van der Waals surface area contributed by atoms with Crippen LogP contribution >= 0.6 is 0 Å². The van der Waals surface area contributed by atoms with Crippen LogP contribution in [-0.4, -0.2) is 0 Å². The highest BCUT2D eigenvalue weighted by molar-refractivity contribution is 4.60. The van der Waals surface area contributed by atoms with Crippen LogP contribution in [0.3, 0.4) is 0 Å². The van der Waals surface area contributed by atoms with Gasteiger partial charge in [0.05, 0.1) is 0 Å². The van der Waals surface area contributed by atoms with Crippen LogP contribution in [0.5, 0.6) is 0 Å². The Balaban J connectivity index is -0.0000000652. The van der Waals surface area contributed by atoms with Gasteiger partial charge in [-0.05, 0) is 35.5 Å². The van der Waals surface area contributed by atoms with Gasteiger partial charge in [-0.1, -0.05) is 111 Å². The monoisotopic (exact) mass is 318 g/mol. The van der Waals surface area contributed by atoms with Gasteiger partial charge in [-0.25, -0.2) is 0 Å². The molecule has 0 heterocycles. The van der Waals surface area contributed by atoms with E-state index >= 15 is 0 Å². The first-order valence-electron chi connectivity index (χ1n) is 10.1. The molecule has 0 rings (SSSR count). The Morgan fingerprint density at radius 3 is 0.364 bits per heavy atom. The zero-order chi connectivity index (χ0) is 19.5. The lowest BCUT2D eigenvalue weighted by atomic mass is 9.88. The van der Waals surface area contributed by atoms with Crippen molar-refractivity contribution in [2.45, 2.75) is 111 Å². The van der Waals surface area contributed by atoms with Crippen molar-refractivity contribution in [2.24, 2.45) is 35.5 Å². The van der Waals surface area contributed by atoms with Crippen molar-refractivity contribution < 1.29 is 0 Å². The third kappa shape index (κ3) is 28.2. The highest BCUT2D eigenvalue weighted by atomic mass is 14.2. The highest BCUT2D eigenvalue weighted by Gasteiger charge is 2.10. The molecule has 0 nitrogen and oxygen atoms in total.